The van der Waals surface area contributed by atoms with Crippen LogP contribution in [0.2, 0.25) is 0 Å². The first-order valence-corrected chi connectivity index (χ1v) is 7.37. The van der Waals surface area contributed by atoms with Crippen molar-refractivity contribution in [3.8, 4) is 5.75 Å². The molecule has 1 N–H and O–H groups in total. The monoisotopic (exact) mass is 369 g/mol. The second-order valence-corrected chi connectivity index (χ2v) is 5.63. The molecule has 0 fully saturated rings. The molecule has 0 amide bonds. The van der Waals surface area contributed by atoms with E-state index in [-0.39, 0.29) is 13.2 Å². The fraction of sp³-hybridized carbons (Fsp3) is 0.571. The lowest BCUT2D eigenvalue weighted by atomic mass is 10.2. The van der Waals surface area contributed by atoms with E-state index in [4.69, 9.17) is 4.74 Å². The lowest BCUT2D eigenvalue weighted by Crippen LogP contribution is -2.22. The fourth-order valence-corrected chi connectivity index (χ4v) is 2.08. The molecule has 0 spiro atoms. The van der Waals surface area contributed by atoms with E-state index in [0.29, 0.717) is 18.3 Å². The quantitative estimate of drug-likeness (QED) is 0.704. The Morgan fingerprint density at radius 2 is 1.95 bits per heavy atom. The third kappa shape index (κ3) is 7.68. The maximum absolute atomic E-state index is 11.9. The van der Waals surface area contributed by atoms with E-state index in [9.17, 15) is 13.2 Å². The zero-order chi connectivity index (χ0) is 15.9. The minimum absolute atomic E-state index is 0.0629. The highest BCUT2D eigenvalue weighted by Gasteiger charge is 2.27. The van der Waals surface area contributed by atoms with Gasteiger partial charge in [0, 0.05) is 18.2 Å². The van der Waals surface area contributed by atoms with Crippen molar-refractivity contribution in [2.75, 3.05) is 19.8 Å². The van der Waals surface area contributed by atoms with Crippen LogP contribution in [0.25, 0.3) is 0 Å². The van der Waals surface area contributed by atoms with Crippen molar-refractivity contribution in [3.63, 3.8) is 0 Å². The van der Waals surface area contributed by atoms with Gasteiger partial charge in [-0.1, -0.05) is 26.0 Å². The third-order valence-corrected chi connectivity index (χ3v) is 3.11. The molecule has 0 radical (unpaired) electrons. The third-order valence-electron chi connectivity index (χ3n) is 2.49. The summed E-state index contributed by atoms with van der Waals surface area (Å²) < 4.78 is 46.6. The van der Waals surface area contributed by atoms with Gasteiger partial charge < -0.3 is 14.8 Å². The standard InChI is InChI=1S/C14H19BrF3NO2/c1-10(2)19-8-11-4-3-5-12(15)13(11)21-7-6-20-9-14(16,17)18/h3-5,10,19H,6-9H2,1-2H3. The molecule has 7 heteroatoms. The van der Waals surface area contributed by atoms with Crippen molar-refractivity contribution in [1.29, 1.82) is 0 Å². The Kier molecular flexibility index (Phi) is 7.48. The molecule has 1 rings (SSSR count). The zero-order valence-electron chi connectivity index (χ0n) is 12.0. The second kappa shape index (κ2) is 8.60. The molecular formula is C14H19BrF3NO2. The summed E-state index contributed by atoms with van der Waals surface area (Å²) in [5.41, 5.74) is 0.939. The van der Waals surface area contributed by atoms with Crippen molar-refractivity contribution in [1.82, 2.24) is 5.32 Å². The maximum atomic E-state index is 11.9. The van der Waals surface area contributed by atoms with Crippen LogP contribution in [-0.2, 0) is 11.3 Å². The highest BCUT2D eigenvalue weighted by molar-refractivity contribution is 9.10. The lowest BCUT2D eigenvalue weighted by Gasteiger charge is -2.15. The number of alkyl halides is 3. The van der Waals surface area contributed by atoms with E-state index in [2.05, 4.69) is 26.0 Å². The van der Waals surface area contributed by atoms with Crippen LogP contribution in [0.3, 0.4) is 0 Å². The normalized spacial score (nSPS) is 12.0. The maximum Gasteiger partial charge on any atom is 0.411 e. The molecule has 0 saturated carbocycles. The van der Waals surface area contributed by atoms with E-state index >= 15 is 0 Å². The van der Waals surface area contributed by atoms with Crippen molar-refractivity contribution in [2.24, 2.45) is 0 Å². The van der Waals surface area contributed by atoms with Gasteiger partial charge in [0.05, 0.1) is 11.1 Å². The molecule has 0 aliphatic rings. The highest BCUT2D eigenvalue weighted by Crippen LogP contribution is 2.29. The van der Waals surface area contributed by atoms with Gasteiger partial charge in [-0.25, -0.2) is 0 Å². The first-order chi connectivity index (χ1) is 9.79. The molecule has 0 bridgehead atoms. The number of benzene rings is 1. The van der Waals surface area contributed by atoms with Crippen LogP contribution in [0.1, 0.15) is 19.4 Å². The van der Waals surface area contributed by atoms with Crippen LogP contribution < -0.4 is 10.1 Å². The molecule has 0 atom stereocenters. The number of ether oxygens (including phenoxy) is 2. The molecule has 1 aromatic carbocycles. The summed E-state index contributed by atoms with van der Waals surface area (Å²) in [5, 5.41) is 3.27. The largest absolute Gasteiger partial charge is 0.490 e. The van der Waals surface area contributed by atoms with Gasteiger partial charge in [-0.2, -0.15) is 13.2 Å². The van der Waals surface area contributed by atoms with Crippen molar-refractivity contribution in [2.45, 2.75) is 32.6 Å². The van der Waals surface area contributed by atoms with E-state index in [1.54, 1.807) is 0 Å². The molecule has 0 aliphatic heterocycles. The highest BCUT2D eigenvalue weighted by atomic mass is 79.9. The van der Waals surface area contributed by atoms with Gasteiger partial charge in [-0.05, 0) is 22.0 Å². The second-order valence-electron chi connectivity index (χ2n) is 4.78. The van der Waals surface area contributed by atoms with Crippen LogP contribution in [0.15, 0.2) is 22.7 Å². The summed E-state index contributed by atoms with van der Waals surface area (Å²) in [7, 11) is 0. The Labute approximate surface area is 130 Å². The van der Waals surface area contributed by atoms with Gasteiger partial charge in [-0.3, -0.25) is 0 Å². The summed E-state index contributed by atoms with van der Waals surface area (Å²) in [6.45, 7) is 3.38. The van der Waals surface area contributed by atoms with Crippen LogP contribution in [0.5, 0.6) is 5.75 Å². The van der Waals surface area contributed by atoms with Gasteiger partial charge in [0.15, 0.2) is 0 Å². The Bertz CT molecular complexity index is 439. The van der Waals surface area contributed by atoms with Crippen LogP contribution in [0, 0.1) is 0 Å². The molecule has 0 heterocycles. The first kappa shape index (κ1) is 18.3. The number of hydrogen-bond acceptors (Lipinski definition) is 3. The Morgan fingerprint density at radius 1 is 1.24 bits per heavy atom. The predicted molar refractivity (Wildman–Crippen MR) is 78.5 cm³/mol. The number of halogens is 4. The molecule has 120 valence electrons. The van der Waals surface area contributed by atoms with Gasteiger partial charge in [0.2, 0.25) is 0 Å². The minimum atomic E-state index is -4.31. The van der Waals surface area contributed by atoms with Gasteiger partial charge in [0.25, 0.3) is 0 Å². The zero-order valence-corrected chi connectivity index (χ0v) is 13.6. The average molecular weight is 370 g/mol. The lowest BCUT2D eigenvalue weighted by molar-refractivity contribution is -0.175. The smallest absolute Gasteiger partial charge is 0.411 e. The Morgan fingerprint density at radius 3 is 2.57 bits per heavy atom. The van der Waals surface area contributed by atoms with Crippen LogP contribution in [0.4, 0.5) is 13.2 Å². The number of hydrogen-bond donors (Lipinski definition) is 1. The topological polar surface area (TPSA) is 30.5 Å². The summed E-state index contributed by atoms with van der Waals surface area (Å²) >= 11 is 3.38. The SMILES string of the molecule is CC(C)NCc1cccc(Br)c1OCCOCC(F)(F)F. The van der Waals surface area contributed by atoms with E-state index in [0.717, 1.165) is 10.0 Å². The van der Waals surface area contributed by atoms with Gasteiger partial charge >= 0.3 is 6.18 Å². The van der Waals surface area contributed by atoms with Crippen molar-refractivity contribution < 1.29 is 22.6 Å². The Hall–Kier alpha value is -0.790. The molecule has 3 nitrogen and oxygen atoms in total. The van der Waals surface area contributed by atoms with E-state index in [1.807, 2.05) is 32.0 Å². The molecule has 0 saturated heterocycles. The molecule has 21 heavy (non-hydrogen) atoms. The van der Waals surface area contributed by atoms with Crippen LogP contribution >= 0.6 is 15.9 Å². The van der Waals surface area contributed by atoms with Crippen molar-refractivity contribution in [3.05, 3.63) is 28.2 Å². The molecule has 0 aromatic heterocycles. The number of rotatable bonds is 8. The van der Waals surface area contributed by atoms with Crippen molar-refractivity contribution >= 4 is 15.9 Å². The molecular weight excluding hydrogens is 351 g/mol. The predicted octanol–water partition coefficient (Wildman–Crippen LogP) is 3.90. The summed E-state index contributed by atoms with van der Waals surface area (Å²) in [4.78, 5) is 0. The summed E-state index contributed by atoms with van der Waals surface area (Å²) in [5.74, 6) is 0.626. The number of nitrogens with one attached hydrogen (secondary N) is 1. The summed E-state index contributed by atoms with van der Waals surface area (Å²) in [6.07, 6.45) is -4.31. The number of para-hydroxylation sites is 1. The molecule has 1 aromatic rings. The summed E-state index contributed by atoms with van der Waals surface area (Å²) in [6, 6.07) is 5.94. The van der Waals surface area contributed by atoms with Gasteiger partial charge in [0.1, 0.15) is 19.0 Å². The van der Waals surface area contributed by atoms with Crippen LogP contribution in [-0.4, -0.2) is 32.0 Å². The van der Waals surface area contributed by atoms with E-state index < -0.39 is 12.8 Å². The molecule has 0 unspecified atom stereocenters. The average Bonchev–Trinajstić information content (AvgIpc) is 2.36. The first-order valence-electron chi connectivity index (χ1n) is 6.57. The minimum Gasteiger partial charge on any atom is -0.490 e. The van der Waals surface area contributed by atoms with E-state index in [1.165, 1.54) is 0 Å². The fourth-order valence-electron chi connectivity index (χ4n) is 1.56. The molecule has 0 aliphatic carbocycles. The van der Waals surface area contributed by atoms with Gasteiger partial charge in [-0.15, -0.1) is 0 Å². The Balaban J connectivity index is 2.49.